The molecule has 0 saturated heterocycles. The van der Waals surface area contributed by atoms with Gasteiger partial charge in [0, 0.05) is 9.37 Å². The number of nitrogens with one attached hydrogen (secondary N) is 1. The van der Waals surface area contributed by atoms with Crippen LogP contribution in [-0.4, -0.2) is 37.4 Å². The van der Waals surface area contributed by atoms with Crippen molar-refractivity contribution in [3.63, 3.8) is 0 Å². The van der Waals surface area contributed by atoms with Crippen molar-refractivity contribution in [1.29, 1.82) is 0 Å². The summed E-state index contributed by atoms with van der Waals surface area (Å²) in [5.74, 6) is 0.721. The van der Waals surface area contributed by atoms with Crippen molar-refractivity contribution in [1.82, 2.24) is 5.32 Å². The summed E-state index contributed by atoms with van der Waals surface area (Å²) >= 11 is 4.72. The predicted octanol–water partition coefficient (Wildman–Crippen LogP) is 3.73. The Hall–Kier alpha value is -2.19. The molecule has 0 fully saturated rings. The normalized spacial score (nSPS) is 13.5. The van der Waals surface area contributed by atoms with Gasteiger partial charge in [0.25, 0.3) is 5.91 Å². The summed E-state index contributed by atoms with van der Waals surface area (Å²) in [6.45, 7) is 2.58. The second-order valence-electron chi connectivity index (χ2n) is 6.10. The van der Waals surface area contributed by atoms with Crippen LogP contribution in [0.25, 0.3) is 0 Å². The first kappa shape index (κ1) is 20.5. The van der Waals surface area contributed by atoms with Gasteiger partial charge < -0.3 is 19.5 Å². The Morgan fingerprint density at radius 3 is 2.61 bits per heavy atom. The lowest BCUT2D eigenvalue weighted by atomic mass is 10.1. The molecule has 1 aliphatic rings. The van der Waals surface area contributed by atoms with E-state index in [1.54, 1.807) is 0 Å². The van der Waals surface area contributed by atoms with E-state index in [1.165, 1.54) is 11.8 Å². The molecule has 1 aliphatic heterocycles. The lowest BCUT2D eigenvalue weighted by Gasteiger charge is -2.21. The number of hydrogen-bond donors (Lipinski definition) is 1. The molecule has 1 atom stereocenters. The van der Waals surface area contributed by atoms with Crippen molar-refractivity contribution >= 4 is 39.6 Å². The Morgan fingerprint density at radius 2 is 1.86 bits per heavy atom. The molecule has 1 N–H and O–H groups in total. The van der Waals surface area contributed by atoms with Gasteiger partial charge in [0.05, 0.1) is 11.8 Å². The smallest absolute Gasteiger partial charge is 0.316 e. The number of amides is 1. The number of fused-ring (bicyclic) bond motifs is 1. The Balaban J connectivity index is 1.42. The first-order valence-corrected chi connectivity index (χ1v) is 10.5. The quantitative estimate of drug-likeness (QED) is 0.495. The van der Waals surface area contributed by atoms with Gasteiger partial charge in [-0.05, 0) is 48.9 Å². The van der Waals surface area contributed by atoms with E-state index in [0.717, 1.165) is 14.9 Å². The van der Waals surface area contributed by atoms with Gasteiger partial charge in [-0.3, -0.25) is 9.59 Å². The van der Waals surface area contributed by atoms with Crippen LogP contribution in [-0.2, 0) is 14.3 Å². The van der Waals surface area contributed by atoms with Crippen molar-refractivity contribution in [3.8, 4) is 11.5 Å². The summed E-state index contributed by atoms with van der Waals surface area (Å²) in [5.41, 5.74) is 0.884. The Morgan fingerprint density at radius 1 is 1.14 bits per heavy atom. The highest BCUT2D eigenvalue weighted by molar-refractivity contribution is 9.10. The molecule has 2 aromatic carbocycles. The van der Waals surface area contributed by atoms with E-state index < -0.39 is 5.97 Å². The number of benzene rings is 2. The average molecular weight is 466 g/mol. The van der Waals surface area contributed by atoms with Gasteiger partial charge in [0.15, 0.2) is 18.1 Å². The van der Waals surface area contributed by atoms with Gasteiger partial charge in [-0.1, -0.05) is 22.0 Å². The van der Waals surface area contributed by atoms with Crippen molar-refractivity contribution < 1.29 is 23.8 Å². The van der Waals surface area contributed by atoms with Gasteiger partial charge in [-0.25, -0.2) is 0 Å². The maximum absolute atomic E-state index is 12.1. The van der Waals surface area contributed by atoms with E-state index >= 15 is 0 Å². The molecule has 1 unspecified atom stereocenters. The van der Waals surface area contributed by atoms with Crippen LogP contribution in [0, 0.1) is 0 Å². The molecule has 28 heavy (non-hydrogen) atoms. The molecule has 3 rings (SSSR count). The standard InChI is InChI=1S/C20H20BrNO5S/c1-13(14-2-7-17-18(10-14)26-9-8-25-17)22-19(23)11-27-20(24)12-28-16-5-3-15(21)4-6-16/h2-7,10,13H,8-9,11-12H2,1H3,(H,22,23). The van der Waals surface area contributed by atoms with E-state index in [1.807, 2.05) is 49.4 Å². The maximum Gasteiger partial charge on any atom is 0.316 e. The fraction of sp³-hybridized carbons (Fsp3) is 0.300. The van der Waals surface area contributed by atoms with Gasteiger partial charge >= 0.3 is 5.97 Å². The first-order chi connectivity index (χ1) is 13.5. The highest BCUT2D eigenvalue weighted by Gasteiger charge is 2.16. The average Bonchev–Trinajstić information content (AvgIpc) is 2.71. The number of thioether (sulfide) groups is 1. The van der Waals surface area contributed by atoms with E-state index in [-0.39, 0.29) is 24.3 Å². The summed E-state index contributed by atoms with van der Waals surface area (Å²) in [4.78, 5) is 24.9. The second kappa shape index (κ2) is 9.84. The minimum atomic E-state index is -0.435. The number of ether oxygens (including phenoxy) is 3. The summed E-state index contributed by atoms with van der Waals surface area (Å²) in [5, 5.41) is 2.81. The van der Waals surface area contributed by atoms with Crippen LogP contribution in [0.15, 0.2) is 51.8 Å². The zero-order valence-corrected chi connectivity index (χ0v) is 17.7. The second-order valence-corrected chi connectivity index (χ2v) is 8.06. The third kappa shape index (κ3) is 5.90. The monoisotopic (exact) mass is 465 g/mol. The Labute approximate surface area is 176 Å². The van der Waals surface area contributed by atoms with E-state index in [0.29, 0.717) is 24.7 Å². The summed E-state index contributed by atoms with van der Waals surface area (Å²) in [6, 6.07) is 12.9. The molecule has 0 aliphatic carbocycles. The van der Waals surface area contributed by atoms with Crippen molar-refractivity contribution in [2.45, 2.75) is 17.9 Å². The molecule has 6 nitrogen and oxygen atoms in total. The van der Waals surface area contributed by atoms with Crippen LogP contribution in [0.4, 0.5) is 0 Å². The zero-order chi connectivity index (χ0) is 19.9. The van der Waals surface area contributed by atoms with E-state index in [2.05, 4.69) is 21.2 Å². The number of hydrogen-bond acceptors (Lipinski definition) is 6. The minimum absolute atomic E-state index is 0.145. The third-order valence-electron chi connectivity index (χ3n) is 3.98. The van der Waals surface area contributed by atoms with Gasteiger partial charge in [0.2, 0.25) is 0 Å². The molecule has 0 spiro atoms. The number of carbonyl (C=O) groups is 2. The van der Waals surface area contributed by atoms with Crippen LogP contribution in [0.3, 0.4) is 0 Å². The summed E-state index contributed by atoms with van der Waals surface area (Å²) in [6.07, 6.45) is 0. The number of esters is 1. The summed E-state index contributed by atoms with van der Waals surface area (Å²) < 4.78 is 17.1. The lowest BCUT2D eigenvalue weighted by Crippen LogP contribution is -2.31. The maximum atomic E-state index is 12.1. The number of rotatable bonds is 7. The van der Waals surface area contributed by atoms with Gasteiger partial charge in [-0.2, -0.15) is 0 Å². The zero-order valence-electron chi connectivity index (χ0n) is 15.3. The number of halogens is 1. The van der Waals surface area contributed by atoms with Crippen LogP contribution < -0.4 is 14.8 Å². The SMILES string of the molecule is CC(NC(=O)COC(=O)CSc1ccc(Br)cc1)c1ccc2c(c1)OCCO2. The number of carbonyl (C=O) groups excluding carboxylic acids is 2. The molecule has 8 heteroatoms. The fourth-order valence-electron chi connectivity index (χ4n) is 2.56. The van der Waals surface area contributed by atoms with Crippen LogP contribution >= 0.6 is 27.7 Å². The van der Waals surface area contributed by atoms with Crippen molar-refractivity contribution in [2.24, 2.45) is 0 Å². The van der Waals surface area contributed by atoms with Gasteiger partial charge in [-0.15, -0.1) is 11.8 Å². The van der Waals surface area contributed by atoms with E-state index in [9.17, 15) is 9.59 Å². The Kier molecular flexibility index (Phi) is 7.22. The Bertz CT molecular complexity index is 843. The molecule has 0 saturated carbocycles. The van der Waals surface area contributed by atoms with Crippen LogP contribution in [0.2, 0.25) is 0 Å². The molecule has 0 aromatic heterocycles. The minimum Gasteiger partial charge on any atom is -0.486 e. The highest BCUT2D eigenvalue weighted by atomic mass is 79.9. The first-order valence-electron chi connectivity index (χ1n) is 8.74. The van der Waals surface area contributed by atoms with Crippen molar-refractivity contribution in [2.75, 3.05) is 25.6 Å². The van der Waals surface area contributed by atoms with Crippen LogP contribution in [0.5, 0.6) is 11.5 Å². The topological polar surface area (TPSA) is 73.9 Å². The largest absolute Gasteiger partial charge is 0.486 e. The lowest BCUT2D eigenvalue weighted by molar-refractivity contribution is -0.146. The van der Waals surface area contributed by atoms with Gasteiger partial charge in [0.1, 0.15) is 13.2 Å². The third-order valence-corrected chi connectivity index (χ3v) is 5.49. The van der Waals surface area contributed by atoms with E-state index in [4.69, 9.17) is 14.2 Å². The van der Waals surface area contributed by atoms with Crippen LogP contribution in [0.1, 0.15) is 18.5 Å². The summed E-state index contributed by atoms with van der Waals surface area (Å²) in [7, 11) is 0. The molecule has 1 amide bonds. The molecule has 1 heterocycles. The molecule has 0 bridgehead atoms. The predicted molar refractivity (Wildman–Crippen MR) is 110 cm³/mol. The van der Waals surface area contributed by atoms with Crippen molar-refractivity contribution in [3.05, 3.63) is 52.5 Å². The molecule has 148 valence electrons. The fourth-order valence-corrected chi connectivity index (χ4v) is 3.52. The molecular weight excluding hydrogens is 446 g/mol. The highest BCUT2D eigenvalue weighted by Crippen LogP contribution is 2.32. The molecule has 0 radical (unpaired) electrons. The molecule has 2 aromatic rings. The molecular formula is C20H20BrNO5S.